The van der Waals surface area contributed by atoms with E-state index in [-0.39, 0.29) is 5.91 Å². The van der Waals surface area contributed by atoms with Crippen LogP contribution in [0.5, 0.6) is 11.5 Å². The van der Waals surface area contributed by atoms with Crippen LogP contribution in [-0.2, 0) is 20.8 Å². The summed E-state index contributed by atoms with van der Waals surface area (Å²) in [5, 5.41) is 2.98. The van der Waals surface area contributed by atoms with Crippen LogP contribution in [0.4, 0.5) is 0 Å². The molecule has 126 valence electrons. The van der Waals surface area contributed by atoms with Crippen LogP contribution in [0.15, 0.2) is 18.2 Å². The highest BCUT2D eigenvalue weighted by atomic mass is 16.5. The first-order chi connectivity index (χ1) is 11.2. The number of carbonyl (C=O) groups is 1. The number of fused-ring (bicyclic) bond motifs is 1. The van der Waals surface area contributed by atoms with Gasteiger partial charge in [0.2, 0.25) is 0 Å². The van der Waals surface area contributed by atoms with E-state index in [2.05, 4.69) is 5.32 Å². The zero-order valence-electron chi connectivity index (χ0n) is 13.4. The van der Waals surface area contributed by atoms with Gasteiger partial charge >= 0.3 is 0 Å². The summed E-state index contributed by atoms with van der Waals surface area (Å²) in [4.78, 5) is 12.6. The molecule has 1 N–H and O–H groups in total. The van der Waals surface area contributed by atoms with E-state index >= 15 is 0 Å². The molecule has 23 heavy (non-hydrogen) atoms. The molecule has 2 aliphatic rings. The Bertz CT molecular complexity index is 554. The molecule has 0 unspecified atom stereocenters. The van der Waals surface area contributed by atoms with E-state index < -0.39 is 5.60 Å². The van der Waals surface area contributed by atoms with Crippen molar-refractivity contribution in [3.05, 3.63) is 23.8 Å². The van der Waals surface area contributed by atoms with Gasteiger partial charge in [0, 0.05) is 51.7 Å². The molecule has 6 heteroatoms. The van der Waals surface area contributed by atoms with Crippen molar-refractivity contribution in [2.24, 2.45) is 0 Å². The van der Waals surface area contributed by atoms with Crippen molar-refractivity contribution in [1.82, 2.24) is 5.32 Å². The lowest BCUT2D eigenvalue weighted by atomic mass is 9.93. The number of amides is 1. The molecule has 1 fully saturated rings. The van der Waals surface area contributed by atoms with E-state index in [0.717, 1.165) is 23.5 Å². The molecule has 1 aromatic carbocycles. The Morgan fingerprint density at radius 2 is 2.00 bits per heavy atom. The lowest BCUT2D eigenvalue weighted by molar-refractivity contribution is -0.155. The fourth-order valence-electron chi connectivity index (χ4n) is 2.95. The van der Waals surface area contributed by atoms with E-state index in [1.54, 1.807) is 7.11 Å². The van der Waals surface area contributed by atoms with Crippen molar-refractivity contribution in [3.63, 3.8) is 0 Å². The Hall–Kier alpha value is -1.79. The van der Waals surface area contributed by atoms with Gasteiger partial charge in [-0.15, -0.1) is 0 Å². The van der Waals surface area contributed by atoms with Crippen LogP contribution in [0.1, 0.15) is 24.8 Å². The standard InChI is InChI=1S/C17H23NO5/c1-20-17(6-10-21-11-7-17)16(19)18-12-13-4-2-5-14-15(13)23-9-3-8-22-14/h2,4-5H,3,6-12H2,1H3,(H,18,19). The van der Waals surface area contributed by atoms with Gasteiger partial charge in [-0.25, -0.2) is 0 Å². The number of carbonyl (C=O) groups excluding carboxylic acids is 1. The van der Waals surface area contributed by atoms with Gasteiger partial charge in [-0.05, 0) is 6.07 Å². The molecule has 2 aliphatic heterocycles. The summed E-state index contributed by atoms with van der Waals surface area (Å²) in [5.41, 5.74) is 0.123. The van der Waals surface area contributed by atoms with Crippen LogP contribution < -0.4 is 14.8 Å². The number of hydrogen-bond donors (Lipinski definition) is 1. The number of ether oxygens (including phenoxy) is 4. The van der Waals surface area contributed by atoms with E-state index in [9.17, 15) is 4.79 Å². The molecule has 0 saturated carbocycles. The molecular formula is C17H23NO5. The van der Waals surface area contributed by atoms with Gasteiger partial charge in [0.05, 0.1) is 13.2 Å². The monoisotopic (exact) mass is 321 g/mol. The summed E-state index contributed by atoms with van der Waals surface area (Å²) in [6.07, 6.45) is 2.00. The maximum atomic E-state index is 12.6. The first kappa shape index (κ1) is 16.1. The summed E-state index contributed by atoms with van der Waals surface area (Å²) in [7, 11) is 1.58. The second-order valence-corrected chi connectivity index (χ2v) is 5.79. The first-order valence-electron chi connectivity index (χ1n) is 8.04. The summed E-state index contributed by atoms with van der Waals surface area (Å²) in [6.45, 7) is 2.74. The SMILES string of the molecule is COC1(C(=O)NCc2cccc3c2OCCCO3)CCOCC1. The highest BCUT2D eigenvalue weighted by Crippen LogP contribution is 2.33. The molecule has 1 aromatic rings. The highest BCUT2D eigenvalue weighted by molar-refractivity contribution is 5.85. The van der Waals surface area contributed by atoms with Crippen molar-refractivity contribution in [3.8, 4) is 11.5 Å². The average Bonchev–Trinajstić information content (AvgIpc) is 2.86. The minimum Gasteiger partial charge on any atom is -0.490 e. The Balaban J connectivity index is 1.69. The van der Waals surface area contributed by atoms with Crippen LogP contribution in [0.2, 0.25) is 0 Å². The number of rotatable bonds is 4. The van der Waals surface area contributed by atoms with Crippen LogP contribution in [0, 0.1) is 0 Å². The van der Waals surface area contributed by atoms with Crippen LogP contribution in [0.25, 0.3) is 0 Å². The second-order valence-electron chi connectivity index (χ2n) is 5.79. The van der Waals surface area contributed by atoms with Crippen LogP contribution in [0.3, 0.4) is 0 Å². The molecule has 1 amide bonds. The second kappa shape index (κ2) is 7.19. The normalized spacial score (nSPS) is 19.7. The van der Waals surface area contributed by atoms with Crippen molar-refractivity contribution in [2.75, 3.05) is 33.5 Å². The quantitative estimate of drug-likeness (QED) is 0.913. The highest BCUT2D eigenvalue weighted by Gasteiger charge is 2.40. The zero-order valence-corrected chi connectivity index (χ0v) is 13.4. The maximum absolute atomic E-state index is 12.6. The summed E-state index contributed by atoms with van der Waals surface area (Å²) in [6, 6.07) is 5.74. The summed E-state index contributed by atoms with van der Waals surface area (Å²) in [5.74, 6) is 1.36. The van der Waals surface area contributed by atoms with E-state index in [0.29, 0.717) is 45.8 Å². The van der Waals surface area contributed by atoms with Gasteiger partial charge in [-0.3, -0.25) is 4.79 Å². The number of para-hydroxylation sites is 1. The molecule has 0 aliphatic carbocycles. The van der Waals surface area contributed by atoms with E-state index in [1.165, 1.54) is 0 Å². The summed E-state index contributed by atoms with van der Waals surface area (Å²) < 4.78 is 22.3. The number of methoxy groups -OCH3 is 1. The van der Waals surface area contributed by atoms with Gasteiger partial charge in [0.1, 0.15) is 0 Å². The van der Waals surface area contributed by atoms with Crippen LogP contribution >= 0.6 is 0 Å². The molecule has 0 radical (unpaired) electrons. The van der Waals surface area contributed by atoms with Gasteiger partial charge in [0.15, 0.2) is 17.1 Å². The van der Waals surface area contributed by atoms with E-state index in [1.807, 2.05) is 18.2 Å². The first-order valence-corrected chi connectivity index (χ1v) is 8.04. The fourth-order valence-corrected chi connectivity index (χ4v) is 2.95. The largest absolute Gasteiger partial charge is 0.490 e. The molecule has 0 spiro atoms. The van der Waals surface area contributed by atoms with Gasteiger partial charge in [-0.2, -0.15) is 0 Å². The zero-order chi connectivity index (χ0) is 16.1. The minimum absolute atomic E-state index is 0.101. The van der Waals surface area contributed by atoms with Crippen molar-refractivity contribution in [1.29, 1.82) is 0 Å². The Kier molecular flexibility index (Phi) is 5.03. The molecule has 0 bridgehead atoms. The Morgan fingerprint density at radius 1 is 1.22 bits per heavy atom. The molecule has 0 aromatic heterocycles. The maximum Gasteiger partial charge on any atom is 0.252 e. The topological polar surface area (TPSA) is 66.0 Å². The van der Waals surface area contributed by atoms with Gasteiger partial charge in [-0.1, -0.05) is 12.1 Å². The van der Waals surface area contributed by atoms with Crippen molar-refractivity contribution < 1.29 is 23.7 Å². The average molecular weight is 321 g/mol. The predicted molar refractivity (Wildman–Crippen MR) is 83.7 cm³/mol. The third kappa shape index (κ3) is 3.43. The summed E-state index contributed by atoms with van der Waals surface area (Å²) >= 11 is 0. The van der Waals surface area contributed by atoms with Crippen molar-refractivity contribution >= 4 is 5.91 Å². The van der Waals surface area contributed by atoms with Crippen molar-refractivity contribution in [2.45, 2.75) is 31.4 Å². The molecule has 1 saturated heterocycles. The fraction of sp³-hybridized carbons (Fsp3) is 0.588. The Labute approximate surface area is 136 Å². The molecular weight excluding hydrogens is 298 g/mol. The molecule has 2 heterocycles. The van der Waals surface area contributed by atoms with E-state index in [4.69, 9.17) is 18.9 Å². The number of nitrogens with one attached hydrogen (secondary N) is 1. The minimum atomic E-state index is -0.790. The third-order valence-electron chi connectivity index (χ3n) is 4.40. The van der Waals surface area contributed by atoms with Gasteiger partial charge < -0.3 is 24.3 Å². The molecule has 0 atom stereocenters. The molecule has 6 nitrogen and oxygen atoms in total. The third-order valence-corrected chi connectivity index (χ3v) is 4.40. The number of hydrogen-bond acceptors (Lipinski definition) is 5. The predicted octanol–water partition coefficient (Wildman–Crippen LogP) is 1.66. The number of benzene rings is 1. The lowest BCUT2D eigenvalue weighted by Crippen LogP contribution is -2.51. The smallest absolute Gasteiger partial charge is 0.252 e. The molecule has 3 rings (SSSR count). The van der Waals surface area contributed by atoms with Gasteiger partial charge in [0.25, 0.3) is 5.91 Å². The Morgan fingerprint density at radius 3 is 2.78 bits per heavy atom. The lowest BCUT2D eigenvalue weighted by Gasteiger charge is -2.34. The van der Waals surface area contributed by atoms with Crippen LogP contribution in [-0.4, -0.2) is 45.0 Å².